The van der Waals surface area contributed by atoms with Crippen molar-refractivity contribution in [3.63, 3.8) is 0 Å². The van der Waals surface area contributed by atoms with Crippen LogP contribution >= 0.6 is 0 Å². The Balaban J connectivity index is 1.86. The summed E-state index contributed by atoms with van der Waals surface area (Å²) in [4.78, 5) is 5.11. The highest BCUT2D eigenvalue weighted by atomic mass is 15.1. The molecule has 0 aliphatic heterocycles. The van der Waals surface area contributed by atoms with Crippen molar-refractivity contribution in [2.45, 2.75) is 85.5 Å². The minimum atomic E-state index is 1.10. The molecule has 0 spiro atoms. The van der Waals surface area contributed by atoms with Crippen molar-refractivity contribution in [2.75, 3.05) is 39.3 Å². The molecule has 0 aromatic heterocycles. The van der Waals surface area contributed by atoms with Crippen LogP contribution in [-0.4, -0.2) is 49.1 Å². The molecule has 2 unspecified atom stereocenters. The Morgan fingerprint density at radius 2 is 0.957 bits per heavy atom. The van der Waals surface area contributed by atoms with Crippen LogP contribution in [0.3, 0.4) is 0 Å². The first-order valence-corrected chi connectivity index (χ1v) is 10.7. The van der Waals surface area contributed by atoms with Gasteiger partial charge < -0.3 is 9.80 Å². The van der Waals surface area contributed by atoms with Crippen LogP contribution in [0.15, 0.2) is 0 Å². The maximum Gasteiger partial charge on any atom is -0.00190 e. The molecular formula is C21H44N2. The quantitative estimate of drug-likeness (QED) is 0.349. The van der Waals surface area contributed by atoms with Crippen LogP contribution in [0.5, 0.6) is 0 Å². The van der Waals surface area contributed by atoms with Gasteiger partial charge in [-0.05, 0) is 70.4 Å². The van der Waals surface area contributed by atoms with Gasteiger partial charge in [-0.3, -0.25) is 0 Å². The third kappa shape index (κ3) is 9.72. The van der Waals surface area contributed by atoms with Crippen LogP contribution in [0.2, 0.25) is 0 Å². The molecule has 23 heavy (non-hydrogen) atoms. The highest BCUT2D eigenvalue weighted by molar-refractivity contribution is 4.85. The highest BCUT2D eigenvalue weighted by Gasteiger charge is 2.34. The Bertz CT molecular complexity index is 233. The molecule has 1 aliphatic carbocycles. The highest BCUT2D eigenvalue weighted by Crippen LogP contribution is 2.45. The fraction of sp³-hybridized carbons (Fsp3) is 1.00. The third-order valence-electron chi connectivity index (χ3n) is 5.96. The van der Waals surface area contributed by atoms with E-state index in [4.69, 9.17) is 0 Å². The normalized spacial score (nSPS) is 20.6. The van der Waals surface area contributed by atoms with Crippen molar-refractivity contribution < 1.29 is 0 Å². The molecule has 1 rings (SSSR count). The SMILES string of the molecule is CCN(CC)CCCCCC1CC1CCCCCN(CC)CC. The van der Waals surface area contributed by atoms with Gasteiger partial charge in [0, 0.05) is 0 Å². The lowest BCUT2D eigenvalue weighted by Gasteiger charge is -2.17. The second-order valence-electron chi connectivity index (χ2n) is 7.51. The minimum absolute atomic E-state index is 1.10. The zero-order valence-electron chi connectivity index (χ0n) is 16.7. The first kappa shape index (κ1) is 21.0. The van der Waals surface area contributed by atoms with Gasteiger partial charge in [-0.15, -0.1) is 0 Å². The number of nitrogens with zero attached hydrogens (tertiary/aromatic N) is 2. The predicted molar refractivity (Wildman–Crippen MR) is 104 cm³/mol. The van der Waals surface area contributed by atoms with Gasteiger partial charge in [0.05, 0.1) is 0 Å². The number of unbranched alkanes of at least 4 members (excludes halogenated alkanes) is 4. The lowest BCUT2D eigenvalue weighted by Crippen LogP contribution is -2.23. The average Bonchev–Trinajstić information content (AvgIpc) is 3.32. The summed E-state index contributed by atoms with van der Waals surface area (Å²) in [5.74, 6) is 2.21. The zero-order chi connectivity index (χ0) is 16.9. The fourth-order valence-corrected chi connectivity index (χ4v) is 3.93. The molecule has 0 N–H and O–H groups in total. The van der Waals surface area contributed by atoms with Crippen molar-refractivity contribution in [2.24, 2.45) is 11.8 Å². The van der Waals surface area contributed by atoms with E-state index in [0.717, 1.165) is 11.8 Å². The van der Waals surface area contributed by atoms with Crippen molar-refractivity contribution in [1.29, 1.82) is 0 Å². The molecule has 0 saturated heterocycles. The Hall–Kier alpha value is -0.0800. The van der Waals surface area contributed by atoms with Crippen LogP contribution in [-0.2, 0) is 0 Å². The van der Waals surface area contributed by atoms with E-state index in [0.29, 0.717) is 0 Å². The summed E-state index contributed by atoms with van der Waals surface area (Å²) in [6.45, 7) is 16.6. The molecule has 1 aliphatic rings. The Kier molecular flexibility index (Phi) is 12.1. The maximum atomic E-state index is 2.55. The summed E-state index contributed by atoms with van der Waals surface area (Å²) in [6, 6.07) is 0. The molecule has 2 nitrogen and oxygen atoms in total. The van der Waals surface area contributed by atoms with Gasteiger partial charge in [0.25, 0.3) is 0 Å². The first-order valence-electron chi connectivity index (χ1n) is 10.7. The predicted octanol–water partition coefficient (Wildman–Crippen LogP) is 5.43. The summed E-state index contributed by atoms with van der Waals surface area (Å²) >= 11 is 0. The van der Waals surface area contributed by atoms with Crippen molar-refractivity contribution in [3.05, 3.63) is 0 Å². The monoisotopic (exact) mass is 324 g/mol. The lowest BCUT2D eigenvalue weighted by atomic mass is 10.1. The van der Waals surface area contributed by atoms with Crippen LogP contribution in [0.1, 0.15) is 85.5 Å². The molecule has 0 bridgehead atoms. The van der Waals surface area contributed by atoms with Crippen LogP contribution < -0.4 is 0 Å². The van der Waals surface area contributed by atoms with Crippen LogP contribution in [0.4, 0.5) is 0 Å². The lowest BCUT2D eigenvalue weighted by molar-refractivity contribution is 0.294. The summed E-state index contributed by atoms with van der Waals surface area (Å²) in [5.41, 5.74) is 0. The van der Waals surface area contributed by atoms with E-state index in [1.807, 2.05) is 0 Å². The van der Waals surface area contributed by atoms with E-state index < -0.39 is 0 Å². The molecule has 0 amide bonds. The average molecular weight is 325 g/mol. The molecule has 0 aromatic rings. The van der Waals surface area contributed by atoms with E-state index in [1.54, 1.807) is 6.42 Å². The maximum absolute atomic E-state index is 2.55. The van der Waals surface area contributed by atoms with Crippen LogP contribution in [0.25, 0.3) is 0 Å². The Morgan fingerprint density at radius 3 is 1.30 bits per heavy atom. The number of hydrogen-bond donors (Lipinski definition) is 0. The van der Waals surface area contributed by atoms with Crippen molar-refractivity contribution in [3.8, 4) is 0 Å². The second-order valence-corrected chi connectivity index (χ2v) is 7.51. The van der Waals surface area contributed by atoms with E-state index >= 15 is 0 Å². The molecule has 0 radical (unpaired) electrons. The van der Waals surface area contributed by atoms with Gasteiger partial charge in [-0.1, -0.05) is 66.2 Å². The molecular weight excluding hydrogens is 280 g/mol. The molecule has 2 atom stereocenters. The largest absolute Gasteiger partial charge is 0.304 e. The molecule has 0 heterocycles. The van der Waals surface area contributed by atoms with Gasteiger partial charge in [0.2, 0.25) is 0 Å². The minimum Gasteiger partial charge on any atom is -0.304 e. The number of rotatable bonds is 16. The Labute approximate surface area is 147 Å². The summed E-state index contributed by atoms with van der Waals surface area (Å²) < 4.78 is 0. The van der Waals surface area contributed by atoms with E-state index in [2.05, 4.69) is 37.5 Å². The molecule has 1 fully saturated rings. The van der Waals surface area contributed by atoms with Gasteiger partial charge in [-0.2, -0.15) is 0 Å². The second kappa shape index (κ2) is 13.2. The third-order valence-corrected chi connectivity index (χ3v) is 5.96. The van der Waals surface area contributed by atoms with Gasteiger partial charge in [0.15, 0.2) is 0 Å². The van der Waals surface area contributed by atoms with Gasteiger partial charge >= 0.3 is 0 Å². The topological polar surface area (TPSA) is 6.48 Å². The standard InChI is InChI=1S/C21H44N2/c1-5-22(6-2)17-13-9-11-15-20-19-21(20)16-12-10-14-18-23(7-3)8-4/h20-21H,5-19H2,1-4H3. The molecule has 138 valence electrons. The summed E-state index contributed by atoms with van der Waals surface area (Å²) in [6.07, 6.45) is 13.2. The Morgan fingerprint density at radius 1 is 0.565 bits per heavy atom. The van der Waals surface area contributed by atoms with E-state index in [9.17, 15) is 0 Å². The number of hydrogen-bond acceptors (Lipinski definition) is 2. The molecule has 0 aromatic carbocycles. The summed E-state index contributed by atoms with van der Waals surface area (Å²) in [5, 5.41) is 0. The smallest absolute Gasteiger partial charge is 0.00190 e. The molecule has 1 saturated carbocycles. The van der Waals surface area contributed by atoms with E-state index in [-0.39, 0.29) is 0 Å². The van der Waals surface area contributed by atoms with Crippen molar-refractivity contribution >= 4 is 0 Å². The zero-order valence-corrected chi connectivity index (χ0v) is 16.7. The first-order chi connectivity index (χ1) is 11.2. The van der Waals surface area contributed by atoms with E-state index in [1.165, 1.54) is 90.6 Å². The van der Waals surface area contributed by atoms with Gasteiger partial charge in [-0.25, -0.2) is 0 Å². The van der Waals surface area contributed by atoms with Gasteiger partial charge in [0.1, 0.15) is 0 Å². The fourth-order valence-electron chi connectivity index (χ4n) is 3.93. The summed E-state index contributed by atoms with van der Waals surface area (Å²) in [7, 11) is 0. The van der Waals surface area contributed by atoms with Crippen molar-refractivity contribution in [1.82, 2.24) is 9.80 Å². The van der Waals surface area contributed by atoms with Crippen LogP contribution in [0, 0.1) is 11.8 Å². The molecule has 2 heteroatoms.